The number of rotatable bonds is 18. The molecule has 260 valence electrons. The molecule has 1 aromatic heterocycles. The molecule has 0 spiro atoms. The van der Waals surface area contributed by atoms with E-state index in [1.165, 1.54) is 4.90 Å². The number of aliphatic hydroxyl groups excluding tert-OH is 1. The van der Waals surface area contributed by atoms with Crippen molar-refractivity contribution in [1.82, 2.24) is 25.8 Å². The molecular weight excluding hydrogens is 630 g/mol. The fourth-order valence-corrected chi connectivity index (χ4v) is 5.76. The summed E-state index contributed by atoms with van der Waals surface area (Å²) in [5.41, 5.74) is 4.05. The van der Waals surface area contributed by atoms with Crippen LogP contribution < -0.4 is 16.0 Å². The standard InChI is InChI=1S/C32H47N5O9S/c1-21-27(47-20-35-21)23-7-5-22(6-8-23)18-34-29(40)25-17-24(38)19-37(25)30(41)28(32(2,3)4)36-26(39)9-11-44-13-15-46-16-14-45-12-10-33-31(42)43/h5-8,20,24-25,28,33,38H,9-19H2,1-4H3,(H,34,40)(H,36,39)(H,42,43)/t24-,25+,28-/m1/s1. The number of hydrogen-bond donors (Lipinski definition) is 5. The van der Waals surface area contributed by atoms with Gasteiger partial charge in [-0.2, -0.15) is 0 Å². The maximum atomic E-state index is 13.8. The second-order valence-corrected chi connectivity index (χ2v) is 13.1. The van der Waals surface area contributed by atoms with E-state index in [1.807, 2.05) is 52.0 Å². The second kappa shape index (κ2) is 18.6. The zero-order chi connectivity index (χ0) is 34.4. The summed E-state index contributed by atoms with van der Waals surface area (Å²) in [6, 6.07) is 6.05. The Hall–Kier alpha value is -3.63. The number of nitrogens with one attached hydrogen (secondary N) is 3. The van der Waals surface area contributed by atoms with Gasteiger partial charge in [0.05, 0.1) is 61.8 Å². The van der Waals surface area contributed by atoms with Crippen LogP contribution in [0.1, 0.15) is 44.9 Å². The molecule has 2 heterocycles. The number of hydrogen-bond acceptors (Lipinski definition) is 10. The van der Waals surface area contributed by atoms with E-state index in [1.54, 1.807) is 16.8 Å². The van der Waals surface area contributed by atoms with Gasteiger partial charge in [-0.25, -0.2) is 9.78 Å². The van der Waals surface area contributed by atoms with E-state index in [9.17, 15) is 24.3 Å². The number of ether oxygens (including phenoxy) is 3. The van der Waals surface area contributed by atoms with Crippen LogP contribution in [0.25, 0.3) is 10.4 Å². The lowest BCUT2D eigenvalue weighted by molar-refractivity contribution is -0.144. The summed E-state index contributed by atoms with van der Waals surface area (Å²) in [6.45, 7) is 9.45. The van der Waals surface area contributed by atoms with Crippen LogP contribution >= 0.6 is 11.3 Å². The Balaban J connectivity index is 1.43. The average molecular weight is 678 g/mol. The fraction of sp³-hybridized carbons (Fsp3) is 0.594. The molecule has 2 aromatic rings. The zero-order valence-corrected chi connectivity index (χ0v) is 28.3. The van der Waals surface area contributed by atoms with Crippen LogP contribution in [0, 0.1) is 12.3 Å². The van der Waals surface area contributed by atoms with Crippen molar-refractivity contribution < 1.29 is 43.6 Å². The molecule has 14 nitrogen and oxygen atoms in total. The summed E-state index contributed by atoms with van der Waals surface area (Å²) in [6.07, 6.45) is -1.83. The van der Waals surface area contributed by atoms with Crippen LogP contribution in [0.4, 0.5) is 4.79 Å². The number of carbonyl (C=O) groups excluding carboxylic acids is 3. The maximum absolute atomic E-state index is 13.8. The summed E-state index contributed by atoms with van der Waals surface area (Å²) >= 11 is 1.57. The third-order valence-corrected chi connectivity index (χ3v) is 8.43. The SMILES string of the molecule is Cc1ncsc1-c1ccc(CNC(=O)[C@@H]2C[C@@H](O)CN2C(=O)[C@@H](NC(=O)CCOCCOCCOCCNC(=O)O)C(C)(C)C)cc1. The molecule has 1 aromatic carbocycles. The molecule has 47 heavy (non-hydrogen) atoms. The second-order valence-electron chi connectivity index (χ2n) is 12.3. The number of nitrogens with zero attached hydrogens (tertiary/aromatic N) is 2. The van der Waals surface area contributed by atoms with E-state index in [0.717, 1.165) is 21.7 Å². The van der Waals surface area contributed by atoms with Gasteiger partial charge in [0.2, 0.25) is 17.7 Å². The average Bonchev–Trinajstić information content (AvgIpc) is 3.63. The Morgan fingerprint density at radius 2 is 1.64 bits per heavy atom. The van der Waals surface area contributed by atoms with Gasteiger partial charge in [-0.3, -0.25) is 14.4 Å². The molecule has 3 rings (SSSR count). The summed E-state index contributed by atoms with van der Waals surface area (Å²) in [5.74, 6) is -1.17. The van der Waals surface area contributed by atoms with Crippen molar-refractivity contribution >= 4 is 35.2 Å². The molecule has 0 aliphatic carbocycles. The number of amides is 4. The Morgan fingerprint density at radius 1 is 1.00 bits per heavy atom. The quantitative estimate of drug-likeness (QED) is 0.146. The van der Waals surface area contributed by atoms with E-state index in [2.05, 4.69) is 20.9 Å². The van der Waals surface area contributed by atoms with Crippen LogP contribution in [0.15, 0.2) is 29.8 Å². The van der Waals surface area contributed by atoms with Crippen LogP contribution in [-0.4, -0.2) is 115 Å². The van der Waals surface area contributed by atoms with Gasteiger partial charge in [-0.15, -0.1) is 11.3 Å². The zero-order valence-electron chi connectivity index (χ0n) is 27.5. The van der Waals surface area contributed by atoms with Gasteiger partial charge in [-0.05, 0) is 23.5 Å². The molecule has 15 heteroatoms. The predicted octanol–water partition coefficient (Wildman–Crippen LogP) is 1.93. The first-order chi connectivity index (χ1) is 22.4. The molecule has 5 N–H and O–H groups in total. The topological polar surface area (TPSA) is 189 Å². The molecule has 4 amide bonds. The predicted molar refractivity (Wildman–Crippen MR) is 175 cm³/mol. The van der Waals surface area contributed by atoms with Gasteiger partial charge in [0.25, 0.3) is 0 Å². The van der Waals surface area contributed by atoms with Gasteiger partial charge in [-0.1, -0.05) is 45.0 Å². The van der Waals surface area contributed by atoms with E-state index >= 15 is 0 Å². The molecule has 1 saturated heterocycles. The first-order valence-electron chi connectivity index (χ1n) is 15.6. The Labute approximate surface area is 279 Å². The first kappa shape index (κ1) is 37.8. The molecule has 0 bridgehead atoms. The lowest BCUT2D eigenvalue weighted by Crippen LogP contribution is -2.57. The molecular formula is C32H47N5O9S. The number of β-amino-alcohol motifs (C(OH)–C–C–N with tert-alkyl or cyclic N) is 1. The van der Waals surface area contributed by atoms with Crippen LogP contribution in [0.5, 0.6) is 0 Å². The molecule has 1 aliphatic rings. The number of aryl methyl sites for hydroxylation is 1. The minimum atomic E-state index is -1.10. The van der Waals surface area contributed by atoms with E-state index in [0.29, 0.717) is 19.8 Å². The minimum Gasteiger partial charge on any atom is -0.465 e. The molecule has 0 saturated carbocycles. The van der Waals surface area contributed by atoms with E-state index in [-0.39, 0.29) is 64.1 Å². The normalized spacial score (nSPS) is 16.9. The fourth-order valence-electron chi connectivity index (χ4n) is 4.95. The summed E-state index contributed by atoms with van der Waals surface area (Å²) in [4.78, 5) is 56.9. The highest BCUT2D eigenvalue weighted by molar-refractivity contribution is 7.13. The molecule has 1 fully saturated rings. The molecule has 0 unspecified atom stereocenters. The van der Waals surface area contributed by atoms with E-state index < -0.39 is 35.6 Å². The third kappa shape index (κ3) is 12.5. The number of carbonyl (C=O) groups is 4. The van der Waals surface area contributed by atoms with E-state index in [4.69, 9.17) is 19.3 Å². The van der Waals surface area contributed by atoms with Gasteiger partial charge in [0.15, 0.2) is 0 Å². The smallest absolute Gasteiger partial charge is 0.404 e. The van der Waals surface area contributed by atoms with Gasteiger partial charge >= 0.3 is 6.09 Å². The number of aromatic nitrogens is 1. The van der Waals surface area contributed by atoms with Crippen LogP contribution in [0.3, 0.4) is 0 Å². The van der Waals surface area contributed by atoms with Crippen molar-refractivity contribution in [2.24, 2.45) is 5.41 Å². The van der Waals surface area contributed by atoms with Crippen LogP contribution in [-0.2, 0) is 35.1 Å². The lowest BCUT2D eigenvalue weighted by Gasteiger charge is -2.35. The monoisotopic (exact) mass is 677 g/mol. The summed E-state index contributed by atoms with van der Waals surface area (Å²) < 4.78 is 16.1. The van der Waals surface area contributed by atoms with Crippen molar-refractivity contribution in [3.63, 3.8) is 0 Å². The van der Waals surface area contributed by atoms with Gasteiger partial charge in [0.1, 0.15) is 12.1 Å². The highest BCUT2D eigenvalue weighted by Gasteiger charge is 2.44. The minimum absolute atomic E-state index is 0.00432. The number of benzene rings is 1. The maximum Gasteiger partial charge on any atom is 0.404 e. The molecule has 3 atom stereocenters. The molecule has 1 aliphatic heterocycles. The van der Waals surface area contributed by atoms with Crippen molar-refractivity contribution in [3.8, 4) is 10.4 Å². The first-order valence-corrected chi connectivity index (χ1v) is 16.5. The third-order valence-electron chi connectivity index (χ3n) is 7.45. The van der Waals surface area contributed by atoms with Crippen molar-refractivity contribution in [3.05, 3.63) is 41.0 Å². The Morgan fingerprint density at radius 3 is 2.23 bits per heavy atom. The highest BCUT2D eigenvalue weighted by atomic mass is 32.1. The van der Waals surface area contributed by atoms with Gasteiger partial charge < -0.3 is 45.3 Å². The molecule has 0 radical (unpaired) electrons. The largest absolute Gasteiger partial charge is 0.465 e. The Kier molecular flexibility index (Phi) is 15.0. The highest BCUT2D eigenvalue weighted by Crippen LogP contribution is 2.28. The van der Waals surface area contributed by atoms with Crippen molar-refractivity contribution in [2.45, 2.75) is 65.3 Å². The van der Waals surface area contributed by atoms with Crippen molar-refractivity contribution in [2.75, 3.05) is 52.7 Å². The summed E-state index contributed by atoms with van der Waals surface area (Å²) in [5, 5.41) is 26.8. The Bertz CT molecular complexity index is 1310. The number of thiazole rings is 1. The number of aliphatic hydroxyl groups is 1. The number of likely N-dealkylation sites (tertiary alicyclic amines) is 1. The van der Waals surface area contributed by atoms with Gasteiger partial charge in [0, 0.05) is 32.5 Å². The van der Waals surface area contributed by atoms with Crippen molar-refractivity contribution in [1.29, 1.82) is 0 Å². The summed E-state index contributed by atoms with van der Waals surface area (Å²) in [7, 11) is 0. The van der Waals surface area contributed by atoms with Crippen LogP contribution in [0.2, 0.25) is 0 Å². The lowest BCUT2D eigenvalue weighted by atomic mass is 9.85. The number of carboxylic acid groups (broad SMARTS) is 1.